The molecule has 0 atom stereocenters. The van der Waals surface area contributed by atoms with Gasteiger partial charge in [-0.2, -0.15) is 0 Å². The molecule has 5 nitrogen and oxygen atoms in total. The summed E-state index contributed by atoms with van der Waals surface area (Å²) in [5.74, 6) is -1.48. The first-order valence-electron chi connectivity index (χ1n) is 8.05. The zero-order chi connectivity index (χ0) is 19.2. The van der Waals surface area contributed by atoms with Gasteiger partial charge in [0.05, 0.1) is 4.91 Å². The maximum Gasteiger partial charge on any atom is 0.294 e. The minimum atomic E-state index is -0.537. The van der Waals surface area contributed by atoms with E-state index in [4.69, 9.17) is 0 Å². The predicted molar refractivity (Wildman–Crippen MR) is 103 cm³/mol. The SMILES string of the molecule is O=C(CN1C(=O)S/C(=C\C=C\c2ccccc2)C1=O)Nc1ccc(F)cc1. The third-order valence-corrected chi connectivity index (χ3v) is 4.56. The quantitative estimate of drug-likeness (QED) is 0.792. The van der Waals surface area contributed by atoms with Gasteiger partial charge in [-0.3, -0.25) is 19.3 Å². The Hall–Kier alpha value is -3.19. The second-order valence-electron chi connectivity index (χ2n) is 5.62. The number of allylic oxidation sites excluding steroid dienone is 2. The van der Waals surface area contributed by atoms with Crippen LogP contribution in [-0.2, 0) is 9.59 Å². The van der Waals surface area contributed by atoms with Crippen molar-refractivity contribution in [3.05, 3.63) is 83.0 Å². The number of amides is 3. The zero-order valence-corrected chi connectivity index (χ0v) is 14.9. The Kier molecular flexibility index (Phi) is 5.83. The van der Waals surface area contributed by atoms with E-state index in [2.05, 4.69) is 5.32 Å². The molecule has 0 saturated carbocycles. The number of hydrogen-bond donors (Lipinski definition) is 1. The summed E-state index contributed by atoms with van der Waals surface area (Å²) in [4.78, 5) is 37.6. The molecule has 1 saturated heterocycles. The van der Waals surface area contributed by atoms with Crippen LogP contribution in [0.4, 0.5) is 14.9 Å². The molecule has 1 N–H and O–H groups in total. The van der Waals surface area contributed by atoms with E-state index in [0.717, 1.165) is 22.2 Å². The van der Waals surface area contributed by atoms with Gasteiger partial charge in [0, 0.05) is 5.69 Å². The first-order chi connectivity index (χ1) is 13.0. The first-order valence-corrected chi connectivity index (χ1v) is 8.87. The number of imide groups is 1. The van der Waals surface area contributed by atoms with Crippen molar-refractivity contribution < 1.29 is 18.8 Å². The minimum absolute atomic E-state index is 0.252. The Labute approximate surface area is 159 Å². The highest BCUT2D eigenvalue weighted by Crippen LogP contribution is 2.30. The summed E-state index contributed by atoms with van der Waals surface area (Å²) in [5.41, 5.74) is 1.35. The van der Waals surface area contributed by atoms with Gasteiger partial charge in [0.1, 0.15) is 12.4 Å². The van der Waals surface area contributed by atoms with Gasteiger partial charge < -0.3 is 5.32 Å². The van der Waals surface area contributed by atoms with E-state index < -0.39 is 29.4 Å². The fraction of sp³-hybridized carbons (Fsp3) is 0.0500. The molecule has 1 aliphatic rings. The van der Waals surface area contributed by atoms with Gasteiger partial charge in [0.25, 0.3) is 11.1 Å². The van der Waals surface area contributed by atoms with Crippen molar-refractivity contribution in [1.29, 1.82) is 0 Å². The maximum atomic E-state index is 12.9. The molecule has 3 amide bonds. The fourth-order valence-corrected chi connectivity index (χ4v) is 3.13. The third kappa shape index (κ3) is 4.92. The number of thioether (sulfide) groups is 1. The molecule has 1 aliphatic heterocycles. The lowest BCUT2D eigenvalue weighted by atomic mass is 10.2. The standard InChI is InChI=1S/C20H15FN2O3S/c21-15-9-11-16(12-10-15)22-18(24)13-23-19(25)17(27-20(23)26)8-4-7-14-5-2-1-3-6-14/h1-12H,13H2,(H,22,24)/b7-4+,17-8-. The molecular formula is C20H15FN2O3S. The molecule has 0 aliphatic carbocycles. The highest BCUT2D eigenvalue weighted by atomic mass is 32.2. The number of nitrogens with zero attached hydrogens (tertiary/aromatic N) is 1. The van der Waals surface area contributed by atoms with Crippen LogP contribution >= 0.6 is 11.8 Å². The number of carbonyl (C=O) groups excluding carboxylic acids is 3. The number of hydrogen-bond acceptors (Lipinski definition) is 4. The number of nitrogens with one attached hydrogen (secondary N) is 1. The van der Waals surface area contributed by atoms with Gasteiger partial charge in [0.2, 0.25) is 5.91 Å². The number of rotatable bonds is 5. The lowest BCUT2D eigenvalue weighted by Gasteiger charge is -2.12. The number of carbonyl (C=O) groups is 3. The van der Waals surface area contributed by atoms with E-state index in [1.165, 1.54) is 24.3 Å². The van der Waals surface area contributed by atoms with Crippen LogP contribution in [0.3, 0.4) is 0 Å². The molecule has 3 rings (SSSR count). The molecule has 1 fully saturated rings. The minimum Gasteiger partial charge on any atom is -0.325 e. The van der Waals surface area contributed by atoms with Crippen LogP contribution in [-0.4, -0.2) is 28.5 Å². The van der Waals surface area contributed by atoms with Crippen LogP contribution in [0, 0.1) is 5.82 Å². The molecule has 7 heteroatoms. The van der Waals surface area contributed by atoms with Gasteiger partial charge >= 0.3 is 0 Å². The molecule has 27 heavy (non-hydrogen) atoms. The predicted octanol–water partition coefficient (Wildman–Crippen LogP) is 4.06. The summed E-state index contributed by atoms with van der Waals surface area (Å²) in [6.07, 6.45) is 5.05. The molecule has 2 aromatic carbocycles. The Morgan fingerprint density at radius 2 is 1.78 bits per heavy atom. The molecule has 2 aromatic rings. The van der Waals surface area contributed by atoms with E-state index in [-0.39, 0.29) is 4.91 Å². The number of benzene rings is 2. The van der Waals surface area contributed by atoms with Crippen molar-refractivity contribution in [2.45, 2.75) is 0 Å². The largest absolute Gasteiger partial charge is 0.325 e. The van der Waals surface area contributed by atoms with Crippen LogP contribution in [0.25, 0.3) is 6.08 Å². The molecule has 0 bridgehead atoms. The van der Waals surface area contributed by atoms with Gasteiger partial charge in [0.15, 0.2) is 0 Å². The summed E-state index contributed by atoms with van der Waals surface area (Å²) in [5, 5.41) is 2.02. The van der Waals surface area contributed by atoms with E-state index in [9.17, 15) is 18.8 Å². The van der Waals surface area contributed by atoms with Crippen molar-refractivity contribution in [3.8, 4) is 0 Å². The molecule has 136 valence electrons. The van der Waals surface area contributed by atoms with Crippen molar-refractivity contribution in [2.24, 2.45) is 0 Å². The van der Waals surface area contributed by atoms with Crippen molar-refractivity contribution in [2.75, 3.05) is 11.9 Å². The Morgan fingerprint density at radius 1 is 1.07 bits per heavy atom. The van der Waals surface area contributed by atoms with Gasteiger partial charge in [-0.15, -0.1) is 0 Å². The number of anilines is 1. The summed E-state index contributed by atoms with van der Waals surface area (Å²) >= 11 is 0.785. The average Bonchev–Trinajstić information content (AvgIpc) is 2.92. The lowest BCUT2D eigenvalue weighted by Crippen LogP contribution is -2.36. The highest BCUT2D eigenvalue weighted by Gasteiger charge is 2.35. The van der Waals surface area contributed by atoms with Crippen LogP contribution < -0.4 is 5.32 Å². The molecule has 1 heterocycles. The smallest absolute Gasteiger partial charge is 0.294 e. The fourth-order valence-electron chi connectivity index (χ4n) is 2.34. The third-order valence-electron chi connectivity index (χ3n) is 3.64. The van der Waals surface area contributed by atoms with Crippen molar-refractivity contribution in [1.82, 2.24) is 4.90 Å². The van der Waals surface area contributed by atoms with E-state index in [1.807, 2.05) is 36.4 Å². The lowest BCUT2D eigenvalue weighted by molar-refractivity contribution is -0.127. The highest BCUT2D eigenvalue weighted by molar-refractivity contribution is 8.18. The number of halogens is 1. The Morgan fingerprint density at radius 3 is 2.48 bits per heavy atom. The Balaban J connectivity index is 1.61. The normalized spacial score (nSPS) is 15.7. The molecule has 0 radical (unpaired) electrons. The summed E-state index contributed by atoms with van der Waals surface area (Å²) < 4.78 is 12.9. The summed E-state index contributed by atoms with van der Waals surface area (Å²) in [6, 6.07) is 14.7. The molecule has 0 unspecified atom stereocenters. The van der Waals surface area contributed by atoms with Crippen molar-refractivity contribution >= 4 is 40.6 Å². The molecule has 0 aromatic heterocycles. The summed E-state index contributed by atoms with van der Waals surface area (Å²) in [6.45, 7) is -0.401. The summed E-state index contributed by atoms with van der Waals surface area (Å²) in [7, 11) is 0. The van der Waals surface area contributed by atoms with Crippen LogP contribution in [0.5, 0.6) is 0 Å². The second-order valence-corrected chi connectivity index (χ2v) is 6.61. The van der Waals surface area contributed by atoms with Gasteiger partial charge in [-0.25, -0.2) is 4.39 Å². The van der Waals surface area contributed by atoms with E-state index >= 15 is 0 Å². The second kappa shape index (κ2) is 8.46. The van der Waals surface area contributed by atoms with E-state index in [0.29, 0.717) is 5.69 Å². The average molecular weight is 382 g/mol. The zero-order valence-electron chi connectivity index (χ0n) is 14.1. The van der Waals surface area contributed by atoms with Crippen LogP contribution in [0.15, 0.2) is 71.7 Å². The first kappa shape index (κ1) is 18.6. The topological polar surface area (TPSA) is 66.5 Å². The maximum absolute atomic E-state index is 12.9. The van der Waals surface area contributed by atoms with Crippen molar-refractivity contribution in [3.63, 3.8) is 0 Å². The molecular weight excluding hydrogens is 367 g/mol. The Bertz CT molecular complexity index is 924. The monoisotopic (exact) mass is 382 g/mol. The molecule has 0 spiro atoms. The van der Waals surface area contributed by atoms with Gasteiger partial charge in [-0.05, 0) is 47.7 Å². The van der Waals surface area contributed by atoms with Crippen LogP contribution in [0.1, 0.15) is 5.56 Å². The van der Waals surface area contributed by atoms with Gasteiger partial charge in [-0.1, -0.05) is 42.5 Å². The van der Waals surface area contributed by atoms with Crippen LogP contribution in [0.2, 0.25) is 0 Å². The van der Waals surface area contributed by atoms with E-state index in [1.54, 1.807) is 12.2 Å².